The van der Waals surface area contributed by atoms with Gasteiger partial charge in [0.1, 0.15) is 4.99 Å². The number of sulfonamides is 1. The van der Waals surface area contributed by atoms with Gasteiger partial charge in [0.05, 0.1) is 11.1 Å². The third kappa shape index (κ3) is 4.36. The Morgan fingerprint density at radius 2 is 2.20 bits per heavy atom. The first-order chi connectivity index (χ1) is 6.88. The van der Waals surface area contributed by atoms with Crippen molar-refractivity contribution >= 4 is 44.6 Å². The van der Waals surface area contributed by atoms with Crippen LogP contribution in [0.5, 0.6) is 0 Å². The molecule has 0 saturated carbocycles. The summed E-state index contributed by atoms with van der Waals surface area (Å²) in [7, 11) is -3.56. The lowest BCUT2D eigenvalue weighted by Crippen LogP contribution is -2.41. The van der Waals surface area contributed by atoms with Crippen molar-refractivity contribution in [3.8, 4) is 0 Å². The summed E-state index contributed by atoms with van der Waals surface area (Å²) in [6, 6.07) is 2.66. The van der Waals surface area contributed by atoms with E-state index in [0.717, 1.165) is 6.26 Å². The quantitative estimate of drug-likeness (QED) is 0.770. The van der Waals surface area contributed by atoms with Crippen LogP contribution in [0.1, 0.15) is 4.88 Å². The Morgan fingerprint density at radius 3 is 2.67 bits per heavy atom. The van der Waals surface area contributed by atoms with E-state index in [1.54, 1.807) is 22.2 Å². The van der Waals surface area contributed by atoms with E-state index in [1.807, 2.05) is 0 Å². The van der Waals surface area contributed by atoms with Crippen molar-refractivity contribution in [3.63, 3.8) is 0 Å². The molecule has 15 heavy (non-hydrogen) atoms. The molecule has 0 bridgehead atoms. The van der Waals surface area contributed by atoms with Crippen LogP contribution in [0.3, 0.4) is 0 Å². The van der Waals surface area contributed by atoms with Gasteiger partial charge in [0.15, 0.2) is 0 Å². The third-order valence-corrected chi connectivity index (χ3v) is 3.14. The SMILES string of the molecule is CS(=O)(=O)NC(=O)NC(=S)c1cccs1. The molecule has 2 amide bonds. The van der Waals surface area contributed by atoms with Crippen LogP contribution in [0.4, 0.5) is 4.79 Å². The summed E-state index contributed by atoms with van der Waals surface area (Å²) in [5.74, 6) is 0. The first-order valence-corrected chi connectivity index (χ1v) is 6.93. The largest absolute Gasteiger partial charge is 0.333 e. The van der Waals surface area contributed by atoms with Crippen LogP contribution in [-0.4, -0.2) is 25.7 Å². The predicted molar refractivity (Wildman–Crippen MR) is 62.5 cm³/mol. The second kappa shape index (κ2) is 4.69. The lowest BCUT2D eigenvalue weighted by Gasteiger charge is -2.04. The third-order valence-electron chi connectivity index (χ3n) is 1.25. The van der Waals surface area contributed by atoms with Gasteiger partial charge < -0.3 is 0 Å². The van der Waals surface area contributed by atoms with Gasteiger partial charge in [-0.3, -0.25) is 5.32 Å². The van der Waals surface area contributed by atoms with Crippen molar-refractivity contribution in [2.75, 3.05) is 6.26 Å². The minimum atomic E-state index is -3.56. The molecule has 0 unspecified atom stereocenters. The molecule has 1 rings (SSSR count). The summed E-state index contributed by atoms with van der Waals surface area (Å²) in [6.45, 7) is 0. The minimum absolute atomic E-state index is 0.200. The highest BCUT2D eigenvalue weighted by Gasteiger charge is 2.10. The zero-order chi connectivity index (χ0) is 11.5. The number of rotatable bonds is 2. The van der Waals surface area contributed by atoms with Crippen LogP contribution in [0.15, 0.2) is 17.5 Å². The van der Waals surface area contributed by atoms with Crippen molar-refractivity contribution < 1.29 is 13.2 Å². The summed E-state index contributed by atoms with van der Waals surface area (Å²) in [6.07, 6.45) is 0.890. The zero-order valence-corrected chi connectivity index (χ0v) is 10.1. The number of nitrogens with one attached hydrogen (secondary N) is 2. The van der Waals surface area contributed by atoms with Crippen molar-refractivity contribution in [3.05, 3.63) is 22.4 Å². The molecule has 1 aromatic rings. The van der Waals surface area contributed by atoms with Crippen LogP contribution >= 0.6 is 23.6 Å². The first-order valence-electron chi connectivity index (χ1n) is 3.75. The Morgan fingerprint density at radius 1 is 1.53 bits per heavy atom. The van der Waals surface area contributed by atoms with Crippen molar-refractivity contribution in [2.24, 2.45) is 0 Å². The Hall–Kier alpha value is -0.990. The average Bonchev–Trinajstić information content (AvgIpc) is 2.50. The number of urea groups is 1. The van der Waals surface area contributed by atoms with Gasteiger partial charge >= 0.3 is 6.03 Å². The fraction of sp³-hybridized carbons (Fsp3) is 0.143. The molecule has 0 aliphatic heterocycles. The average molecular weight is 264 g/mol. The maximum absolute atomic E-state index is 11.1. The second-order valence-electron chi connectivity index (χ2n) is 2.63. The van der Waals surface area contributed by atoms with Crippen LogP contribution in [0, 0.1) is 0 Å². The highest BCUT2D eigenvalue weighted by molar-refractivity contribution is 7.89. The van der Waals surface area contributed by atoms with Crippen LogP contribution in [0.2, 0.25) is 0 Å². The van der Waals surface area contributed by atoms with Gasteiger partial charge in [0.2, 0.25) is 10.0 Å². The van der Waals surface area contributed by atoms with E-state index in [1.165, 1.54) is 11.3 Å². The molecule has 1 heterocycles. The van der Waals surface area contributed by atoms with Gasteiger partial charge in [-0.2, -0.15) is 0 Å². The van der Waals surface area contributed by atoms with E-state index in [9.17, 15) is 13.2 Å². The standard InChI is InChI=1S/C7H8N2O3S3/c1-15(11,12)9-7(10)8-6(13)5-3-2-4-14-5/h2-4H,1H3,(H2,8,9,10,13). The van der Waals surface area contributed by atoms with Crippen LogP contribution < -0.4 is 10.0 Å². The molecule has 0 aliphatic rings. The van der Waals surface area contributed by atoms with Gasteiger partial charge in [0.25, 0.3) is 0 Å². The van der Waals surface area contributed by atoms with Crippen LogP contribution in [-0.2, 0) is 10.0 Å². The molecule has 0 fully saturated rings. The lowest BCUT2D eigenvalue weighted by atomic mass is 10.5. The van der Waals surface area contributed by atoms with E-state index in [-0.39, 0.29) is 4.99 Å². The molecule has 1 aromatic heterocycles. The molecule has 0 aliphatic carbocycles. The summed E-state index contributed by atoms with van der Waals surface area (Å²) in [5.41, 5.74) is 0. The molecule has 0 radical (unpaired) electrons. The first kappa shape index (κ1) is 12.1. The number of amides is 2. The Bertz CT molecular complexity index is 464. The maximum atomic E-state index is 11.1. The topological polar surface area (TPSA) is 75.3 Å². The molecular formula is C7H8N2O3S3. The van der Waals surface area contributed by atoms with E-state index in [4.69, 9.17) is 12.2 Å². The molecule has 0 spiro atoms. The Labute approximate surface area is 96.5 Å². The fourth-order valence-corrected chi connectivity index (χ4v) is 2.08. The lowest BCUT2D eigenvalue weighted by molar-refractivity contribution is 0.250. The minimum Gasteiger partial charge on any atom is -0.297 e. The molecule has 0 aromatic carbocycles. The van der Waals surface area contributed by atoms with E-state index >= 15 is 0 Å². The van der Waals surface area contributed by atoms with Crippen molar-refractivity contribution in [1.82, 2.24) is 10.0 Å². The fourth-order valence-electron chi connectivity index (χ4n) is 0.766. The van der Waals surface area contributed by atoms with Crippen LogP contribution in [0.25, 0.3) is 0 Å². The summed E-state index contributed by atoms with van der Waals surface area (Å²) in [4.78, 5) is 12.0. The normalized spacial score (nSPS) is 10.7. The summed E-state index contributed by atoms with van der Waals surface area (Å²) in [5, 5.41) is 4.05. The number of carbonyl (C=O) groups excluding carboxylic acids is 1. The van der Waals surface area contributed by atoms with E-state index in [0.29, 0.717) is 4.88 Å². The second-order valence-corrected chi connectivity index (χ2v) is 5.74. The van der Waals surface area contributed by atoms with Crippen molar-refractivity contribution in [2.45, 2.75) is 0 Å². The molecule has 5 nitrogen and oxygen atoms in total. The summed E-state index contributed by atoms with van der Waals surface area (Å²) >= 11 is 6.24. The van der Waals surface area contributed by atoms with E-state index < -0.39 is 16.1 Å². The number of thiocarbonyl (C=S) groups is 1. The molecule has 82 valence electrons. The smallest absolute Gasteiger partial charge is 0.297 e. The number of carbonyl (C=O) groups is 1. The zero-order valence-electron chi connectivity index (χ0n) is 7.68. The molecule has 8 heteroatoms. The molecule has 2 N–H and O–H groups in total. The van der Waals surface area contributed by atoms with Crippen molar-refractivity contribution in [1.29, 1.82) is 0 Å². The Balaban J connectivity index is 2.57. The highest BCUT2D eigenvalue weighted by atomic mass is 32.2. The number of hydrogen-bond acceptors (Lipinski definition) is 5. The number of thiophene rings is 1. The van der Waals surface area contributed by atoms with Gasteiger partial charge in [-0.25, -0.2) is 17.9 Å². The maximum Gasteiger partial charge on any atom is 0.333 e. The molecular weight excluding hydrogens is 256 g/mol. The van der Waals surface area contributed by atoms with Gasteiger partial charge in [-0.05, 0) is 11.4 Å². The van der Waals surface area contributed by atoms with Gasteiger partial charge in [-0.1, -0.05) is 18.3 Å². The monoisotopic (exact) mass is 264 g/mol. The molecule has 0 saturated heterocycles. The van der Waals surface area contributed by atoms with Gasteiger partial charge in [-0.15, -0.1) is 11.3 Å². The predicted octanol–water partition coefficient (Wildman–Crippen LogP) is 0.682. The Kier molecular flexibility index (Phi) is 3.77. The highest BCUT2D eigenvalue weighted by Crippen LogP contribution is 2.08. The van der Waals surface area contributed by atoms with E-state index in [2.05, 4.69) is 5.32 Å². The summed E-state index contributed by atoms with van der Waals surface area (Å²) < 4.78 is 23.1. The van der Waals surface area contributed by atoms with Gasteiger partial charge in [0, 0.05) is 0 Å². The number of hydrogen-bond donors (Lipinski definition) is 2. The molecule has 0 atom stereocenters.